The van der Waals surface area contributed by atoms with Gasteiger partial charge in [-0.1, -0.05) is 6.92 Å². The summed E-state index contributed by atoms with van der Waals surface area (Å²) in [5.41, 5.74) is 0. The Morgan fingerprint density at radius 3 is 2.86 bits per heavy atom. The lowest BCUT2D eigenvalue weighted by atomic mass is 10.3. The molecule has 0 bridgehead atoms. The van der Waals surface area contributed by atoms with Crippen LogP contribution >= 0.6 is 0 Å². The summed E-state index contributed by atoms with van der Waals surface area (Å²) < 4.78 is 42.1. The Morgan fingerprint density at radius 1 is 1.33 bits per heavy atom. The number of sulfonamides is 1. The van der Waals surface area contributed by atoms with Crippen molar-refractivity contribution in [1.82, 2.24) is 4.72 Å². The SMILES string of the molecule is CC[C@H](C)NS(=O)(=O)CCCOc1ccc2c(c1)OCO2. The number of hydrogen-bond acceptors (Lipinski definition) is 5. The first kappa shape index (κ1) is 15.9. The minimum atomic E-state index is -3.23. The van der Waals surface area contributed by atoms with Crippen molar-refractivity contribution in [3.05, 3.63) is 18.2 Å². The molecule has 0 aromatic heterocycles. The fourth-order valence-corrected chi connectivity index (χ4v) is 3.25. The average Bonchev–Trinajstić information content (AvgIpc) is 2.90. The van der Waals surface area contributed by atoms with Gasteiger partial charge in [-0.25, -0.2) is 13.1 Å². The zero-order valence-electron chi connectivity index (χ0n) is 12.3. The van der Waals surface area contributed by atoms with Crippen molar-refractivity contribution in [1.29, 1.82) is 0 Å². The van der Waals surface area contributed by atoms with Crippen LogP contribution in [-0.2, 0) is 10.0 Å². The van der Waals surface area contributed by atoms with Crippen LogP contribution in [0.3, 0.4) is 0 Å². The van der Waals surface area contributed by atoms with Crippen LogP contribution in [0.2, 0.25) is 0 Å². The maximum Gasteiger partial charge on any atom is 0.231 e. The summed E-state index contributed by atoms with van der Waals surface area (Å²) in [5.74, 6) is 2.05. The topological polar surface area (TPSA) is 73.9 Å². The van der Waals surface area contributed by atoms with Crippen LogP contribution in [0.15, 0.2) is 18.2 Å². The van der Waals surface area contributed by atoms with Crippen LogP contribution in [0.25, 0.3) is 0 Å². The maximum atomic E-state index is 11.8. The summed E-state index contributed by atoms with van der Waals surface area (Å²) in [6, 6.07) is 5.26. The summed E-state index contributed by atoms with van der Waals surface area (Å²) in [5, 5.41) is 0. The highest BCUT2D eigenvalue weighted by Gasteiger charge is 2.15. The molecule has 0 saturated carbocycles. The van der Waals surface area contributed by atoms with Crippen molar-refractivity contribution in [3.8, 4) is 17.2 Å². The van der Waals surface area contributed by atoms with E-state index in [2.05, 4.69) is 4.72 Å². The van der Waals surface area contributed by atoms with Gasteiger partial charge in [-0.3, -0.25) is 0 Å². The van der Waals surface area contributed by atoms with Crippen molar-refractivity contribution >= 4 is 10.0 Å². The van der Waals surface area contributed by atoms with Gasteiger partial charge in [-0.05, 0) is 31.9 Å². The van der Waals surface area contributed by atoms with E-state index in [0.29, 0.717) is 30.3 Å². The second-order valence-corrected chi connectivity index (χ2v) is 6.84. The molecule has 2 rings (SSSR count). The summed E-state index contributed by atoms with van der Waals surface area (Å²) in [7, 11) is -3.23. The Balaban J connectivity index is 1.75. The predicted octanol–water partition coefficient (Wildman–Crippen LogP) is 1.90. The quantitative estimate of drug-likeness (QED) is 0.742. The van der Waals surface area contributed by atoms with Crippen molar-refractivity contribution < 1.29 is 22.6 Å². The third kappa shape index (κ3) is 4.78. The van der Waals surface area contributed by atoms with Gasteiger partial charge < -0.3 is 14.2 Å². The molecule has 0 unspecified atom stereocenters. The Morgan fingerprint density at radius 2 is 2.10 bits per heavy atom. The number of rotatable bonds is 8. The van der Waals surface area contributed by atoms with Crippen molar-refractivity contribution in [2.75, 3.05) is 19.2 Å². The second-order valence-electron chi connectivity index (χ2n) is 4.96. The third-order valence-electron chi connectivity index (χ3n) is 3.16. The van der Waals surface area contributed by atoms with E-state index in [1.54, 1.807) is 18.2 Å². The van der Waals surface area contributed by atoms with Gasteiger partial charge in [-0.15, -0.1) is 0 Å². The molecule has 0 radical (unpaired) electrons. The predicted molar refractivity (Wildman–Crippen MR) is 79.4 cm³/mol. The molecule has 6 nitrogen and oxygen atoms in total. The Kier molecular flexibility index (Phi) is 5.30. The first-order chi connectivity index (χ1) is 10.00. The number of hydrogen-bond donors (Lipinski definition) is 1. The molecule has 0 saturated heterocycles. The van der Waals surface area contributed by atoms with Gasteiger partial charge in [0.05, 0.1) is 12.4 Å². The molecule has 0 aliphatic carbocycles. The van der Waals surface area contributed by atoms with Gasteiger partial charge in [0.2, 0.25) is 16.8 Å². The largest absolute Gasteiger partial charge is 0.493 e. The van der Waals surface area contributed by atoms with E-state index in [-0.39, 0.29) is 18.6 Å². The van der Waals surface area contributed by atoms with Gasteiger partial charge >= 0.3 is 0 Å². The molecule has 1 heterocycles. The van der Waals surface area contributed by atoms with E-state index in [1.165, 1.54) is 0 Å². The lowest BCUT2D eigenvalue weighted by molar-refractivity contribution is 0.173. The van der Waals surface area contributed by atoms with Crippen LogP contribution in [0.1, 0.15) is 26.7 Å². The molecule has 1 aromatic carbocycles. The standard InChI is InChI=1S/C14H21NO5S/c1-3-11(2)15-21(16,17)8-4-7-18-12-5-6-13-14(9-12)20-10-19-13/h5-6,9,11,15H,3-4,7-8,10H2,1-2H3/t11-/m0/s1. The second kappa shape index (κ2) is 7.00. The Bertz CT molecular complexity index is 573. The molecule has 0 fully saturated rings. The zero-order valence-corrected chi connectivity index (χ0v) is 13.1. The normalized spacial score (nSPS) is 15.0. The van der Waals surface area contributed by atoms with Crippen LogP contribution < -0.4 is 18.9 Å². The number of benzene rings is 1. The van der Waals surface area contributed by atoms with E-state index < -0.39 is 10.0 Å². The molecule has 0 spiro atoms. The maximum absolute atomic E-state index is 11.8. The number of nitrogens with one attached hydrogen (secondary N) is 1. The number of ether oxygens (including phenoxy) is 3. The smallest absolute Gasteiger partial charge is 0.231 e. The third-order valence-corrected chi connectivity index (χ3v) is 4.75. The minimum absolute atomic E-state index is 0.0372. The Labute approximate surface area is 125 Å². The molecule has 1 aliphatic rings. The van der Waals surface area contributed by atoms with Gasteiger partial charge in [0, 0.05) is 12.1 Å². The van der Waals surface area contributed by atoms with Crippen molar-refractivity contribution in [3.63, 3.8) is 0 Å². The highest BCUT2D eigenvalue weighted by molar-refractivity contribution is 7.89. The highest BCUT2D eigenvalue weighted by atomic mass is 32.2. The highest BCUT2D eigenvalue weighted by Crippen LogP contribution is 2.35. The average molecular weight is 315 g/mol. The van der Waals surface area contributed by atoms with Crippen molar-refractivity contribution in [2.24, 2.45) is 0 Å². The van der Waals surface area contributed by atoms with Gasteiger partial charge in [-0.2, -0.15) is 0 Å². The van der Waals surface area contributed by atoms with Crippen LogP contribution in [0, 0.1) is 0 Å². The Hall–Kier alpha value is -1.47. The molecule has 0 amide bonds. The van der Waals surface area contributed by atoms with Crippen molar-refractivity contribution in [2.45, 2.75) is 32.7 Å². The molecule has 1 atom stereocenters. The summed E-state index contributed by atoms with van der Waals surface area (Å²) in [4.78, 5) is 0. The molecular formula is C14H21NO5S. The molecule has 1 aliphatic heterocycles. The molecule has 1 N–H and O–H groups in total. The van der Waals surface area contributed by atoms with E-state index >= 15 is 0 Å². The molecule has 21 heavy (non-hydrogen) atoms. The zero-order chi connectivity index (χ0) is 15.3. The van der Waals surface area contributed by atoms with Gasteiger partial charge in [0.1, 0.15) is 5.75 Å². The molecule has 1 aromatic rings. The summed E-state index contributed by atoms with van der Waals surface area (Å²) in [6.45, 7) is 4.34. The molecule has 7 heteroatoms. The van der Waals surface area contributed by atoms with Crippen LogP contribution in [0.4, 0.5) is 0 Å². The first-order valence-electron chi connectivity index (χ1n) is 7.02. The lowest BCUT2D eigenvalue weighted by Gasteiger charge is -2.12. The minimum Gasteiger partial charge on any atom is -0.493 e. The van der Waals surface area contributed by atoms with Crippen LogP contribution in [-0.4, -0.2) is 33.6 Å². The van der Waals surface area contributed by atoms with E-state index in [1.807, 2.05) is 13.8 Å². The number of fused-ring (bicyclic) bond motifs is 1. The fraction of sp³-hybridized carbons (Fsp3) is 0.571. The first-order valence-corrected chi connectivity index (χ1v) is 8.68. The summed E-state index contributed by atoms with van der Waals surface area (Å²) in [6.07, 6.45) is 1.20. The van der Waals surface area contributed by atoms with Gasteiger partial charge in [0.15, 0.2) is 11.5 Å². The molecular weight excluding hydrogens is 294 g/mol. The van der Waals surface area contributed by atoms with E-state index in [9.17, 15) is 8.42 Å². The van der Waals surface area contributed by atoms with E-state index in [0.717, 1.165) is 6.42 Å². The van der Waals surface area contributed by atoms with Gasteiger partial charge in [0.25, 0.3) is 0 Å². The van der Waals surface area contributed by atoms with Crippen LogP contribution in [0.5, 0.6) is 17.2 Å². The van der Waals surface area contributed by atoms with E-state index in [4.69, 9.17) is 14.2 Å². The lowest BCUT2D eigenvalue weighted by Crippen LogP contribution is -2.34. The fourth-order valence-electron chi connectivity index (χ4n) is 1.85. The monoisotopic (exact) mass is 315 g/mol. The summed E-state index contributed by atoms with van der Waals surface area (Å²) >= 11 is 0. The molecule has 118 valence electrons.